The van der Waals surface area contributed by atoms with Crippen molar-refractivity contribution in [2.24, 2.45) is 0 Å². The monoisotopic (exact) mass is 331 g/mol. The number of methoxy groups -OCH3 is 1. The van der Waals surface area contributed by atoms with Crippen LogP contribution in [0.25, 0.3) is 21.6 Å². The number of hydrogen-bond donors (Lipinski definition) is 1. The van der Waals surface area contributed by atoms with E-state index in [-0.39, 0.29) is 12.3 Å². The molecule has 0 amide bonds. The van der Waals surface area contributed by atoms with Gasteiger partial charge >= 0.3 is 0 Å². The van der Waals surface area contributed by atoms with Crippen LogP contribution in [0.5, 0.6) is 0 Å². The van der Waals surface area contributed by atoms with E-state index in [0.29, 0.717) is 13.0 Å². The van der Waals surface area contributed by atoms with E-state index in [1.807, 2.05) is 22.1 Å². The van der Waals surface area contributed by atoms with Gasteiger partial charge in [0.05, 0.1) is 19.0 Å². The molecule has 1 aliphatic rings. The van der Waals surface area contributed by atoms with Gasteiger partial charge < -0.3 is 14.6 Å². The van der Waals surface area contributed by atoms with E-state index in [4.69, 9.17) is 9.47 Å². The molecule has 1 fully saturated rings. The summed E-state index contributed by atoms with van der Waals surface area (Å²) in [6.07, 6.45) is 2.89. The van der Waals surface area contributed by atoms with Crippen LogP contribution in [0.3, 0.4) is 0 Å². The van der Waals surface area contributed by atoms with Crippen LogP contribution in [0, 0.1) is 0 Å². The maximum absolute atomic E-state index is 10.1. The van der Waals surface area contributed by atoms with Crippen molar-refractivity contribution in [1.29, 1.82) is 0 Å². The fraction of sp³-hybridized carbons (Fsp3) is 0.375. The summed E-state index contributed by atoms with van der Waals surface area (Å²) >= 11 is 1.67. The maximum Gasteiger partial charge on any atom is 0.162 e. The highest BCUT2D eigenvalue weighted by Gasteiger charge is 2.35. The Labute approximate surface area is 137 Å². The number of nitrogens with zero attached hydrogens (tertiary/aromatic N) is 3. The number of fused-ring (bicyclic) bond motifs is 1. The SMILES string of the molecule is COC[C@H]1O[C@@H](n2cnc3c(-c4cccs4)ccnc32)CC1O. The Morgan fingerprint density at radius 3 is 3.13 bits per heavy atom. The van der Waals surface area contributed by atoms with Gasteiger partial charge in [-0.25, -0.2) is 9.97 Å². The van der Waals surface area contributed by atoms with E-state index in [2.05, 4.69) is 16.0 Å². The van der Waals surface area contributed by atoms with Crippen molar-refractivity contribution in [3.05, 3.63) is 36.1 Å². The summed E-state index contributed by atoms with van der Waals surface area (Å²) in [7, 11) is 1.60. The number of rotatable bonds is 4. The molecular weight excluding hydrogens is 314 g/mol. The number of imidazole rings is 1. The molecular formula is C16H17N3O3S. The molecule has 3 aromatic rings. The molecule has 0 bridgehead atoms. The number of pyridine rings is 1. The van der Waals surface area contributed by atoms with E-state index >= 15 is 0 Å². The molecule has 1 N–H and O–H groups in total. The van der Waals surface area contributed by atoms with Crippen molar-refractivity contribution in [1.82, 2.24) is 14.5 Å². The second kappa shape index (κ2) is 6.01. The third-order valence-corrected chi connectivity index (χ3v) is 5.00. The fourth-order valence-corrected chi connectivity index (χ4v) is 3.73. The molecule has 6 nitrogen and oxygen atoms in total. The van der Waals surface area contributed by atoms with Crippen LogP contribution in [-0.2, 0) is 9.47 Å². The molecule has 0 aromatic carbocycles. The number of aliphatic hydroxyl groups excluding tert-OH is 1. The fourth-order valence-electron chi connectivity index (χ4n) is 2.98. The van der Waals surface area contributed by atoms with Gasteiger partial charge in [0.25, 0.3) is 0 Å². The van der Waals surface area contributed by atoms with Gasteiger partial charge in [0.15, 0.2) is 5.65 Å². The first-order valence-electron chi connectivity index (χ1n) is 7.46. The van der Waals surface area contributed by atoms with Gasteiger partial charge in [-0.15, -0.1) is 11.3 Å². The number of ether oxygens (including phenoxy) is 2. The minimum atomic E-state index is -0.544. The van der Waals surface area contributed by atoms with Crippen molar-refractivity contribution in [3.8, 4) is 10.4 Å². The summed E-state index contributed by atoms with van der Waals surface area (Å²) in [6, 6.07) is 6.07. The first kappa shape index (κ1) is 14.8. The lowest BCUT2D eigenvalue weighted by atomic mass is 10.2. The number of thiophene rings is 1. The second-order valence-corrected chi connectivity index (χ2v) is 6.50. The third-order valence-electron chi connectivity index (χ3n) is 4.09. The lowest BCUT2D eigenvalue weighted by molar-refractivity contribution is -0.0523. The molecule has 0 spiro atoms. The van der Waals surface area contributed by atoms with Crippen LogP contribution in [0.1, 0.15) is 12.6 Å². The van der Waals surface area contributed by atoms with Crippen molar-refractivity contribution >= 4 is 22.5 Å². The standard InChI is InChI=1S/C16H17N3O3S/c1-21-8-12-11(20)7-14(22-12)19-9-18-15-10(4-5-17-16(15)19)13-3-2-6-23-13/h2-6,9,11-12,14,20H,7-8H2,1H3/t11?,12-,14-/m1/s1. The van der Waals surface area contributed by atoms with E-state index in [1.165, 1.54) is 0 Å². The van der Waals surface area contributed by atoms with Crippen LogP contribution in [0.2, 0.25) is 0 Å². The van der Waals surface area contributed by atoms with Crippen molar-refractivity contribution in [2.45, 2.75) is 24.9 Å². The van der Waals surface area contributed by atoms with Crippen LogP contribution in [-0.4, -0.2) is 45.6 Å². The Morgan fingerprint density at radius 1 is 1.43 bits per heavy atom. The predicted octanol–water partition coefficient (Wildman–Crippen LogP) is 2.45. The molecule has 3 aromatic heterocycles. The minimum Gasteiger partial charge on any atom is -0.390 e. The molecule has 4 rings (SSSR count). The molecule has 0 radical (unpaired) electrons. The largest absolute Gasteiger partial charge is 0.390 e. The van der Waals surface area contributed by atoms with Gasteiger partial charge in [-0.2, -0.15) is 0 Å². The average Bonchev–Trinajstić information content (AvgIpc) is 3.27. The molecule has 120 valence electrons. The van der Waals surface area contributed by atoms with E-state index in [9.17, 15) is 5.11 Å². The highest BCUT2D eigenvalue weighted by molar-refractivity contribution is 7.13. The van der Waals surface area contributed by atoms with Gasteiger partial charge in [-0.3, -0.25) is 4.57 Å². The Hall–Kier alpha value is -1.80. The van der Waals surface area contributed by atoms with E-state index in [1.54, 1.807) is 31.0 Å². The number of aromatic nitrogens is 3. The molecule has 0 aliphatic carbocycles. The summed E-state index contributed by atoms with van der Waals surface area (Å²) in [6.45, 7) is 0.373. The van der Waals surface area contributed by atoms with E-state index < -0.39 is 6.10 Å². The molecule has 0 saturated carbocycles. The molecule has 1 unspecified atom stereocenters. The quantitative estimate of drug-likeness (QED) is 0.795. The first-order chi connectivity index (χ1) is 11.3. The molecule has 23 heavy (non-hydrogen) atoms. The Bertz CT molecular complexity index is 802. The average molecular weight is 331 g/mol. The molecule has 1 saturated heterocycles. The second-order valence-electron chi connectivity index (χ2n) is 5.55. The van der Waals surface area contributed by atoms with Crippen LogP contribution < -0.4 is 0 Å². The summed E-state index contributed by atoms with van der Waals surface area (Å²) < 4.78 is 12.9. The van der Waals surface area contributed by atoms with Crippen LogP contribution >= 0.6 is 11.3 Å². The highest BCUT2D eigenvalue weighted by Crippen LogP contribution is 2.34. The number of hydrogen-bond acceptors (Lipinski definition) is 6. The van der Waals surface area contributed by atoms with Gasteiger partial charge in [0.1, 0.15) is 17.8 Å². The summed E-state index contributed by atoms with van der Waals surface area (Å²) in [4.78, 5) is 10.2. The van der Waals surface area contributed by atoms with Crippen molar-refractivity contribution in [2.75, 3.05) is 13.7 Å². The summed E-state index contributed by atoms with van der Waals surface area (Å²) in [5.41, 5.74) is 2.69. The topological polar surface area (TPSA) is 69.4 Å². The van der Waals surface area contributed by atoms with Crippen molar-refractivity contribution < 1.29 is 14.6 Å². The molecule has 3 atom stereocenters. The third kappa shape index (κ3) is 2.55. The summed E-state index contributed by atoms with van der Waals surface area (Å²) in [5.74, 6) is 0. The van der Waals surface area contributed by atoms with Crippen LogP contribution in [0.4, 0.5) is 0 Å². The zero-order chi connectivity index (χ0) is 15.8. The lowest BCUT2D eigenvalue weighted by Crippen LogP contribution is -2.25. The normalized spacial score (nSPS) is 24.5. The Balaban J connectivity index is 1.71. The zero-order valence-corrected chi connectivity index (χ0v) is 13.4. The summed E-state index contributed by atoms with van der Waals surface area (Å²) in [5, 5.41) is 12.2. The zero-order valence-electron chi connectivity index (χ0n) is 12.6. The van der Waals surface area contributed by atoms with Gasteiger partial charge in [0.2, 0.25) is 0 Å². The highest BCUT2D eigenvalue weighted by atomic mass is 32.1. The minimum absolute atomic E-state index is 0.277. The lowest BCUT2D eigenvalue weighted by Gasteiger charge is -2.14. The molecule has 7 heteroatoms. The van der Waals surface area contributed by atoms with Crippen LogP contribution in [0.15, 0.2) is 36.1 Å². The Morgan fingerprint density at radius 2 is 2.35 bits per heavy atom. The van der Waals surface area contributed by atoms with E-state index in [0.717, 1.165) is 21.6 Å². The van der Waals surface area contributed by atoms with Crippen molar-refractivity contribution in [3.63, 3.8) is 0 Å². The van der Waals surface area contributed by atoms with Gasteiger partial charge in [0, 0.05) is 30.2 Å². The molecule has 1 aliphatic heterocycles. The maximum atomic E-state index is 10.1. The van der Waals surface area contributed by atoms with Gasteiger partial charge in [-0.05, 0) is 17.5 Å². The number of aliphatic hydroxyl groups is 1. The van der Waals surface area contributed by atoms with Gasteiger partial charge in [-0.1, -0.05) is 6.07 Å². The Kier molecular flexibility index (Phi) is 3.86. The smallest absolute Gasteiger partial charge is 0.162 e. The molecule has 4 heterocycles. The first-order valence-corrected chi connectivity index (χ1v) is 8.34. The predicted molar refractivity (Wildman–Crippen MR) is 87.3 cm³/mol.